The molecule has 0 aliphatic carbocycles. The van der Waals surface area contributed by atoms with E-state index in [1.165, 1.54) is 0 Å². The second kappa shape index (κ2) is 5.25. The van der Waals surface area contributed by atoms with Crippen LogP contribution in [0.4, 0.5) is 0 Å². The number of aromatic nitrogens is 2. The van der Waals surface area contributed by atoms with Gasteiger partial charge in [-0.2, -0.15) is 5.10 Å². The van der Waals surface area contributed by atoms with Crippen LogP contribution in [0.3, 0.4) is 0 Å². The van der Waals surface area contributed by atoms with Gasteiger partial charge >= 0.3 is 0 Å². The molecule has 0 fully saturated rings. The molecule has 1 heterocycles. The van der Waals surface area contributed by atoms with Gasteiger partial charge in [-0.1, -0.05) is 0 Å². The van der Waals surface area contributed by atoms with Crippen molar-refractivity contribution in [2.24, 2.45) is 0 Å². The third-order valence-electron chi connectivity index (χ3n) is 2.47. The average molecular weight is 243 g/mol. The molecule has 2 atom stereocenters. The summed E-state index contributed by atoms with van der Waals surface area (Å²) >= 11 is 0. The van der Waals surface area contributed by atoms with Gasteiger partial charge in [0, 0.05) is 34.5 Å². The summed E-state index contributed by atoms with van der Waals surface area (Å²) in [4.78, 5) is 11.8. The van der Waals surface area contributed by atoms with E-state index in [0.29, 0.717) is 17.8 Å². The number of nitrogens with one attached hydrogen (secondary N) is 2. The molecular formula is C10H17N3O2S. The molecule has 0 aliphatic heterocycles. The summed E-state index contributed by atoms with van der Waals surface area (Å²) in [5, 5.41) is 9.42. The molecule has 0 saturated carbocycles. The molecule has 2 N–H and O–H groups in total. The number of aryl methyl sites for hydroxylation is 2. The van der Waals surface area contributed by atoms with Crippen LogP contribution in [-0.4, -0.2) is 38.4 Å². The Morgan fingerprint density at radius 1 is 1.56 bits per heavy atom. The number of hydrogen-bond acceptors (Lipinski definition) is 3. The maximum Gasteiger partial charge on any atom is 0.255 e. The monoisotopic (exact) mass is 243 g/mol. The molecular weight excluding hydrogens is 226 g/mol. The summed E-state index contributed by atoms with van der Waals surface area (Å²) in [7, 11) is -0.922. The van der Waals surface area contributed by atoms with E-state index in [1.807, 2.05) is 6.92 Å². The predicted octanol–water partition coefficient (Wildman–Crippen LogP) is 0.523. The van der Waals surface area contributed by atoms with Crippen molar-refractivity contribution in [3.63, 3.8) is 0 Å². The van der Waals surface area contributed by atoms with E-state index in [1.54, 1.807) is 20.1 Å². The van der Waals surface area contributed by atoms with Crippen molar-refractivity contribution in [3.05, 3.63) is 17.0 Å². The number of rotatable bonds is 4. The first-order valence-corrected chi connectivity index (χ1v) is 6.67. The van der Waals surface area contributed by atoms with Crippen molar-refractivity contribution in [3.8, 4) is 0 Å². The first-order chi connectivity index (χ1) is 7.43. The molecule has 16 heavy (non-hydrogen) atoms. The second-order valence-electron chi connectivity index (χ2n) is 3.83. The van der Waals surface area contributed by atoms with Crippen LogP contribution >= 0.6 is 0 Å². The highest BCUT2D eigenvalue weighted by molar-refractivity contribution is 7.84. The maximum absolute atomic E-state index is 11.8. The Morgan fingerprint density at radius 3 is 2.62 bits per heavy atom. The summed E-state index contributed by atoms with van der Waals surface area (Å²) < 4.78 is 11.1. The summed E-state index contributed by atoms with van der Waals surface area (Å²) in [6, 6.07) is 0. The fourth-order valence-electron chi connectivity index (χ4n) is 1.33. The Balaban J connectivity index is 2.63. The lowest BCUT2D eigenvalue weighted by Gasteiger charge is -2.09. The quantitative estimate of drug-likeness (QED) is 0.809. The van der Waals surface area contributed by atoms with Crippen LogP contribution in [0.5, 0.6) is 0 Å². The SMILES string of the molecule is Cc1n[nH]c(C)c1C(=O)NCC(C)S(C)=O. The van der Waals surface area contributed by atoms with Crippen molar-refractivity contribution < 1.29 is 9.00 Å². The van der Waals surface area contributed by atoms with Crippen LogP contribution in [0.1, 0.15) is 28.7 Å². The number of H-pyrrole nitrogens is 1. The Morgan fingerprint density at radius 2 is 2.19 bits per heavy atom. The highest BCUT2D eigenvalue weighted by Gasteiger charge is 2.16. The number of nitrogens with zero attached hydrogens (tertiary/aromatic N) is 1. The molecule has 2 unspecified atom stereocenters. The average Bonchev–Trinajstić information content (AvgIpc) is 2.54. The molecule has 0 aliphatic rings. The van der Waals surface area contributed by atoms with E-state index in [2.05, 4.69) is 15.5 Å². The van der Waals surface area contributed by atoms with E-state index >= 15 is 0 Å². The predicted molar refractivity (Wildman–Crippen MR) is 63.9 cm³/mol. The topological polar surface area (TPSA) is 74.8 Å². The van der Waals surface area contributed by atoms with Crippen molar-refractivity contribution >= 4 is 16.7 Å². The summed E-state index contributed by atoms with van der Waals surface area (Å²) in [5.74, 6) is -0.166. The van der Waals surface area contributed by atoms with E-state index < -0.39 is 10.8 Å². The minimum absolute atomic E-state index is 0.0449. The van der Waals surface area contributed by atoms with Gasteiger partial charge in [0.1, 0.15) is 0 Å². The number of amides is 1. The molecule has 5 nitrogen and oxygen atoms in total. The lowest BCUT2D eigenvalue weighted by atomic mass is 10.2. The zero-order valence-corrected chi connectivity index (χ0v) is 10.8. The van der Waals surface area contributed by atoms with Crippen LogP contribution in [0.2, 0.25) is 0 Å². The Bertz CT molecular complexity index is 395. The Kier molecular flexibility index (Phi) is 4.23. The molecule has 1 rings (SSSR count). The second-order valence-corrected chi connectivity index (χ2v) is 5.63. The molecule has 0 aromatic carbocycles. The van der Waals surface area contributed by atoms with Crippen molar-refractivity contribution in [2.45, 2.75) is 26.0 Å². The van der Waals surface area contributed by atoms with E-state index in [0.717, 1.165) is 5.69 Å². The Hall–Kier alpha value is -1.17. The van der Waals surface area contributed by atoms with E-state index in [9.17, 15) is 9.00 Å². The molecule has 1 aromatic rings. The number of carbonyl (C=O) groups is 1. The van der Waals surface area contributed by atoms with Gasteiger partial charge in [-0.05, 0) is 20.8 Å². The molecule has 0 bridgehead atoms. The lowest BCUT2D eigenvalue weighted by Crippen LogP contribution is -2.33. The van der Waals surface area contributed by atoms with Crippen LogP contribution < -0.4 is 5.32 Å². The van der Waals surface area contributed by atoms with Gasteiger partial charge in [0.2, 0.25) is 0 Å². The Labute approximate surface area is 97.5 Å². The first-order valence-electron chi connectivity index (χ1n) is 5.05. The van der Waals surface area contributed by atoms with Crippen molar-refractivity contribution in [2.75, 3.05) is 12.8 Å². The smallest absolute Gasteiger partial charge is 0.255 e. The molecule has 1 amide bonds. The van der Waals surface area contributed by atoms with Gasteiger partial charge in [-0.25, -0.2) is 0 Å². The minimum Gasteiger partial charge on any atom is -0.351 e. The van der Waals surface area contributed by atoms with Gasteiger partial charge in [0.25, 0.3) is 5.91 Å². The van der Waals surface area contributed by atoms with Gasteiger partial charge in [0.15, 0.2) is 0 Å². The number of aromatic amines is 1. The molecule has 0 spiro atoms. The van der Waals surface area contributed by atoms with Gasteiger partial charge in [0.05, 0.1) is 11.3 Å². The fourth-order valence-corrected chi connectivity index (χ4v) is 1.65. The van der Waals surface area contributed by atoms with Crippen LogP contribution in [0, 0.1) is 13.8 Å². The number of carbonyl (C=O) groups excluding carboxylic acids is 1. The van der Waals surface area contributed by atoms with Gasteiger partial charge < -0.3 is 5.32 Å². The van der Waals surface area contributed by atoms with Gasteiger partial charge in [-0.15, -0.1) is 0 Å². The zero-order chi connectivity index (χ0) is 12.3. The zero-order valence-electron chi connectivity index (χ0n) is 9.96. The molecule has 1 aromatic heterocycles. The third kappa shape index (κ3) is 2.91. The van der Waals surface area contributed by atoms with Gasteiger partial charge in [-0.3, -0.25) is 14.1 Å². The fraction of sp³-hybridized carbons (Fsp3) is 0.600. The summed E-state index contributed by atoms with van der Waals surface area (Å²) in [6.07, 6.45) is 1.63. The molecule has 90 valence electrons. The summed E-state index contributed by atoms with van der Waals surface area (Å²) in [5.41, 5.74) is 2.01. The largest absolute Gasteiger partial charge is 0.351 e. The number of hydrogen-bond donors (Lipinski definition) is 2. The molecule has 0 saturated heterocycles. The first kappa shape index (κ1) is 12.9. The lowest BCUT2D eigenvalue weighted by molar-refractivity contribution is 0.0953. The highest BCUT2D eigenvalue weighted by atomic mass is 32.2. The van der Waals surface area contributed by atoms with Crippen molar-refractivity contribution in [1.29, 1.82) is 0 Å². The maximum atomic E-state index is 11.8. The molecule has 0 radical (unpaired) electrons. The minimum atomic E-state index is -0.922. The van der Waals surface area contributed by atoms with Crippen LogP contribution in [0.25, 0.3) is 0 Å². The standard InChI is InChI=1S/C10H17N3O2S/c1-6(16(4)15)5-11-10(14)9-7(2)12-13-8(9)3/h6H,5H2,1-4H3,(H,11,14)(H,12,13). The van der Waals surface area contributed by atoms with Crippen molar-refractivity contribution in [1.82, 2.24) is 15.5 Å². The normalized spacial score (nSPS) is 14.5. The van der Waals surface area contributed by atoms with E-state index in [4.69, 9.17) is 0 Å². The molecule has 6 heteroatoms. The van der Waals surface area contributed by atoms with Crippen LogP contribution in [-0.2, 0) is 10.8 Å². The van der Waals surface area contributed by atoms with Crippen LogP contribution in [0.15, 0.2) is 0 Å². The summed E-state index contributed by atoms with van der Waals surface area (Å²) in [6.45, 7) is 5.83. The van der Waals surface area contributed by atoms with E-state index in [-0.39, 0.29) is 11.2 Å². The highest BCUT2D eigenvalue weighted by Crippen LogP contribution is 2.08. The third-order valence-corrected chi connectivity index (χ3v) is 3.77.